The number of carbonyl (C=O) groups is 1. The molecule has 2 aromatic carbocycles. The second-order valence-electron chi connectivity index (χ2n) is 5.19. The normalized spacial score (nSPS) is 10.8. The molecule has 4 nitrogen and oxygen atoms in total. The van der Waals surface area contributed by atoms with Crippen LogP contribution in [-0.2, 0) is 11.3 Å². The molecule has 0 aliphatic rings. The maximum Gasteiger partial charge on any atom is 0.260 e. The summed E-state index contributed by atoms with van der Waals surface area (Å²) in [5.41, 5.74) is 0.947. The zero-order chi connectivity index (χ0) is 17.1. The molecule has 0 N–H and O–H groups in total. The molecule has 0 saturated carbocycles. The molecule has 124 valence electrons. The molecule has 0 atom stereocenters. The molecule has 0 saturated heterocycles. The lowest BCUT2D eigenvalue weighted by atomic mass is 10.3. The van der Waals surface area contributed by atoms with Gasteiger partial charge in [-0.15, -0.1) is 11.3 Å². The molecule has 24 heavy (non-hydrogen) atoms. The van der Waals surface area contributed by atoms with Crippen LogP contribution >= 0.6 is 34.5 Å². The minimum Gasteiger partial charge on any atom is -0.482 e. The van der Waals surface area contributed by atoms with Gasteiger partial charge in [0, 0.05) is 12.1 Å². The molecule has 7 heteroatoms. The summed E-state index contributed by atoms with van der Waals surface area (Å²) in [4.78, 5) is 18.3. The van der Waals surface area contributed by atoms with Crippen LogP contribution < -0.4 is 4.74 Å². The summed E-state index contributed by atoms with van der Waals surface area (Å²) in [6.45, 7) is 0.346. The van der Waals surface area contributed by atoms with Crippen molar-refractivity contribution in [2.24, 2.45) is 0 Å². The zero-order valence-electron chi connectivity index (χ0n) is 12.8. The van der Waals surface area contributed by atoms with Gasteiger partial charge in [0.15, 0.2) is 6.61 Å². The van der Waals surface area contributed by atoms with Gasteiger partial charge in [0.05, 0.1) is 21.8 Å². The largest absolute Gasteiger partial charge is 0.482 e. The fourth-order valence-electron chi connectivity index (χ4n) is 2.12. The van der Waals surface area contributed by atoms with E-state index in [9.17, 15) is 4.79 Å². The van der Waals surface area contributed by atoms with E-state index < -0.39 is 0 Å². The number of halogens is 2. The third-order valence-electron chi connectivity index (χ3n) is 3.38. The van der Waals surface area contributed by atoms with E-state index >= 15 is 0 Å². The van der Waals surface area contributed by atoms with E-state index in [-0.39, 0.29) is 12.5 Å². The van der Waals surface area contributed by atoms with Crippen LogP contribution in [0, 0.1) is 0 Å². The highest BCUT2D eigenvalue weighted by Gasteiger charge is 2.14. The molecule has 3 aromatic rings. The van der Waals surface area contributed by atoms with E-state index in [0.29, 0.717) is 22.3 Å². The Balaban J connectivity index is 1.60. The van der Waals surface area contributed by atoms with Crippen LogP contribution in [0.4, 0.5) is 0 Å². The number of carbonyl (C=O) groups excluding carboxylic acids is 1. The molecule has 0 fully saturated rings. The summed E-state index contributed by atoms with van der Waals surface area (Å²) in [5, 5.41) is 1.78. The molecule has 1 aromatic heterocycles. The standard InChI is InChI=1S/C17H14Cl2N2O2S/c1-21(9-16-20-13-4-2-3-5-15(13)24-16)17(22)10-23-14-7-6-11(18)8-12(14)19/h2-8H,9-10H2,1H3. The number of amides is 1. The Morgan fingerprint density at radius 3 is 2.79 bits per heavy atom. The molecule has 0 radical (unpaired) electrons. The van der Waals surface area contributed by atoms with E-state index in [1.807, 2.05) is 24.3 Å². The lowest BCUT2D eigenvalue weighted by molar-refractivity contribution is -0.132. The highest BCUT2D eigenvalue weighted by molar-refractivity contribution is 7.18. The number of nitrogens with zero attached hydrogens (tertiary/aromatic N) is 2. The SMILES string of the molecule is CN(Cc1nc2ccccc2s1)C(=O)COc1ccc(Cl)cc1Cl. The number of rotatable bonds is 5. The van der Waals surface area contributed by atoms with E-state index in [2.05, 4.69) is 4.98 Å². The Labute approximate surface area is 153 Å². The smallest absolute Gasteiger partial charge is 0.260 e. The van der Waals surface area contributed by atoms with Crippen molar-refractivity contribution in [1.82, 2.24) is 9.88 Å². The average Bonchev–Trinajstić information content (AvgIpc) is 2.95. The lowest BCUT2D eigenvalue weighted by Crippen LogP contribution is -2.30. The minimum atomic E-state index is -0.153. The first kappa shape index (κ1) is 17.0. The Kier molecular flexibility index (Phi) is 5.23. The predicted octanol–water partition coefficient (Wildman–Crippen LogP) is 4.64. The predicted molar refractivity (Wildman–Crippen MR) is 98.1 cm³/mol. The quantitative estimate of drug-likeness (QED) is 0.647. The Bertz CT molecular complexity index is 849. The maximum atomic E-state index is 12.2. The van der Waals surface area contributed by atoms with Gasteiger partial charge < -0.3 is 9.64 Å². The van der Waals surface area contributed by atoms with E-state index in [1.54, 1.807) is 41.5 Å². The number of fused-ring (bicyclic) bond motifs is 1. The van der Waals surface area contributed by atoms with Crippen molar-refractivity contribution < 1.29 is 9.53 Å². The molecule has 0 aliphatic carbocycles. The van der Waals surface area contributed by atoms with Gasteiger partial charge in [-0.3, -0.25) is 4.79 Å². The molecule has 3 rings (SSSR count). The van der Waals surface area contributed by atoms with Gasteiger partial charge in [0.1, 0.15) is 10.8 Å². The van der Waals surface area contributed by atoms with Crippen molar-refractivity contribution in [2.75, 3.05) is 13.7 Å². The van der Waals surface area contributed by atoms with Crippen LogP contribution in [0.3, 0.4) is 0 Å². The van der Waals surface area contributed by atoms with Gasteiger partial charge in [-0.2, -0.15) is 0 Å². The molecule has 0 aliphatic heterocycles. The van der Waals surface area contributed by atoms with E-state index in [4.69, 9.17) is 27.9 Å². The van der Waals surface area contributed by atoms with Crippen LogP contribution in [-0.4, -0.2) is 29.4 Å². The van der Waals surface area contributed by atoms with Crippen LogP contribution in [0.1, 0.15) is 5.01 Å². The third kappa shape index (κ3) is 3.98. The first-order valence-corrected chi connectivity index (χ1v) is 8.76. The van der Waals surface area contributed by atoms with Crippen LogP contribution in [0.15, 0.2) is 42.5 Å². The number of hydrogen-bond acceptors (Lipinski definition) is 4. The van der Waals surface area contributed by atoms with E-state index in [0.717, 1.165) is 15.2 Å². The number of hydrogen-bond donors (Lipinski definition) is 0. The average molecular weight is 381 g/mol. The minimum absolute atomic E-state index is 0.0945. The molecular formula is C17H14Cl2N2O2S. The van der Waals surface area contributed by atoms with Crippen molar-refractivity contribution in [2.45, 2.75) is 6.54 Å². The number of likely N-dealkylation sites (N-methyl/N-ethyl adjacent to an activating group) is 1. The molecular weight excluding hydrogens is 367 g/mol. The first-order chi connectivity index (χ1) is 11.5. The Hall–Kier alpha value is -1.82. The van der Waals surface area contributed by atoms with Crippen LogP contribution in [0.25, 0.3) is 10.2 Å². The first-order valence-electron chi connectivity index (χ1n) is 7.19. The zero-order valence-corrected chi connectivity index (χ0v) is 15.2. The second-order valence-corrected chi connectivity index (χ2v) is 7.15. The molecule has 1 heterocycles. The number of thiazole rings is 1. The topological polar surface area (TPSA) is 42.4 Å². The molecule has 0 unspecified atom stereocenters. The molecule has 1 amide bonds. The van der Waals surface area contributed by atoms with Gasteiger partial charge in [-0.05, 0) is 30.3 Å². The number of aromatic nitrogens is 1. The summed E-state index contributed by atoms with van der Waals surface area (Å²) in [7, 11) is 1.72. The fraction of sp³-hybridized carbons (Fsp3) is 0.176. The highest BCUT2D eigenvalue weighted by atomic mass is 35.5. The highest BCUT2D eigenvalue weighted by Crippen LogP contribution is 2.27. The van der Waals surface area contributed by atoms with Crippen molar-refractivity contribution in [1.29, 1.82) is 0 Å². The van der Waals surface area contributed by atoms with Gasteiger partial charge in [-0.25, -0.2) is 4.98 Å². The van der Waals surface area contributed by atoms with Gasteiger partial charge in [0.25, 0.3) is 5.91 Å². The lowest BCUT2D eigenvalue weighted by Gasteiger charge is -2.16. The fourth-order valence-corrected chi connectivity index (χ4v) is 3.60. The second kappa shape index (κ2) is 7.38. The summed E-state index contributed by atoms with van der Waals surface area (Å²) in [6, 6.07) is 12.8. The van der Waals surface area contributed by atoms with Crippen LogP contribution in [0.2, 0.25) is 10.0 Å². The number of benzene rings is 2. The van der Waals surface area contributed by atoms with Crippen molar-refractivity contribution in [3.05, 3.63) is 57.5 Å². The third-order valence-corrected chi connectivity index (χ3v) is 4.93. The van der Waals surface area contributed by atoms with Gasteiger partial charge in [0.2, 0.25) is 0 Å². The maximum absolute atomic E-state index is 12.2. The van der Waals surface area contributed by atoms with Gasteiger partial charge in [-0.1, -0.05) is 35.3 Å². The summed E-state index contributed by atoms with van der Waals surface area (Å²) in [6.07, 6.45) is 0. The summed E-state index contributed by atoms with van der Waals surface area (Å²) >= 11 is 13.4. The number of para-hydroxylation sites is 1. The Morgan fingerprint density at radius 2 is 2.04 bits per heavy atom. The number of ether oxygens (including phenoxy) is 1. The van der Waals surface area contributed by atoms with Crippen LogP contribution in [0.5, 0.6) is 5.75 Å². The summed E-state index contributed by atoms with van der Waals surface area (Å²) in [5.74, 6) is 0.281. The van der Waals surface area contributed by atoms with Crippen molar-refractivity contribution >= 4 is 50.7 Å². The van der Waals surface area contributed by atoms with Crippen molar-refractivity contribution in [3.63, 3.8) is 0 Å². The summed E-state index contributed by atoms with van der Waals surface area (Å²) < 4.78 is 6.58. The Morgan fingerprint density at radius 1 is 1.25 bits per heavy atom. The van der Waals surface area contributed by atoms with E-state index in [1.165, 1.54) is 0 Å². The molecule has 0 bridgehead atoms. The molecule has 0 spiro atoms. The van der Waals surface area contributed by atoms with Gasteiger partial charge >= 0.3 is 0 Å². The van der Waals surface area contributed by atoms with Crippen molar-refractivity contribution in [3.8, 4) is 5.75 Å². The monoisotopic (exact) mass is 380 g/mol.